The molecule has 0 aliphatic heterocycles. The van der Waals surface area contributed by atoms with Gasteiger partial charge >= 0.3 is 17.9 Å². The van der Waals surface area contributed by atoms with Gasteiger partial charge in [-0.3, -0.25) is 14.4 Å². The number of hydrogen-bond donors (Lipinski definition) is 0. The third-order valence-corrected chi connectivity index (χ3v) is 14.7. The number of allylic oxidation sites excluding steroid dienone is 20. The predicted octanol–water partition coefficient (Wildman–Crippen LogP) is 23.9. The maximum Gasteiger partial charge on any atom is 0.306 e. The maximum atomic E-state index is 13.0. The lowest BCUT2D eigenvalue weighted by Gasteiger charge is -2.18. The number of ether oxygens (including phenoxy) is 3. The van der Waals surface area contributed by atoms with E-state index in [0.29, 0.717) is 19.3 Å². The zero-order valence-electron chi connectivity index (χ0n) is 53.7. The SMILES string of the molecule is CC/C=C\C/C=C\C/C=C\C/C=C\C/C=C\CCCCCCCCCCCCCC(=O)OCC(COC(=O)CCCCCCC/C=C\CCCCCCC)OC(=O)CCCCCCCCCCCC/C=C\C/C=C\C/C=C\C/C=C\CC. The van der Waals surface area contributed by atoms with Crippen LogP contribution in [0.25, 0.3) is 0 Å². The summed E-state index contributed by atoms with van der Waals surface area (Å²) in [5.41, 5.74) is 0. The van der Waals surface area contributed by atoms with Crippen molar-refractivity contribution in [2.75, 3.05) is 13.2 Å². The largest absolute Gasteiger partial charge is 0.462 e. The smallest absolute Gasteiger partial charge is 0.306 e. The lowest BCUT2D eigenvalue weighted by molar-refractivity contribution is -0.167. The van der Waals surface area contributed by atoms with Gasteiger partial charge in [-0.15, -0.1) is 0 Å². The van der Waals surface area contributed by atoms with E-state index >= 15 is 0 Å². The van der Waals surface area contributed by atoms with Gasteiger partial charge in [0.2, 0.25) is 0 Å². The van der Waals surface area contributed by atoms with E-state index in [1.165, 1.54) is 161 Å². The first kappa shape index (κ1) is 77.8. The van der Waals surface area contributed by atoms with Crippen LogP contribution in [0.5, 0.6) is 0 Å². The van der Waals surface area contributed by atoms with Crippen LogP contribution in [0.2, 0.25) is 0 Å². The summed E-state index contributed by atoms with van der Waals surface area (Å²) < 4.78 is 17.0. The van der Waals surface area contributed by atoms with E-state index in [2.05, 4.69) is 142 Å². The number of carbonyl (C=O) groups is 3. The molecule has 0 bridgehead atoms. The second kappa shape index (κ2) is 69.3. The molecule has 0 N–H and O–H groups in total. The fourth-order valence-corrected chi connectivity index (χ4v) is 9.57. The Balaban J connectivity index is 4.34. The lowest BCUT2D eigenvalue weighted by atomic mass is 10.0. The summed E-state index contributed by atoms with van der Waals surface area (Å²) in [6.07, 6.45) is 96.4. The number of carbonyl (C=O) groups excluding carboxylic acids is 3. The van der Waals surface area contributed by atoms with E-state index in [-0.39, 0.29) is 31.1 Å². The summed E-state index contributed by atoms with van der Waals surface area (Å²) in [7, 11) is 0. The zero-order valence-corrected chi connectivity index (χ0v) is 53.7. The van der Waals surface area contributed by atoms with Crippen LogP contribution >= 0.6 is 0 Å². The van der Waals surface area contributed by atoms with E-state index in [4.69, 9.17) is 14.2 Å². The van der Waals surface area contributed by atoms with Crippen molar-refractivity contribution in [3.63, 3.8) is 0 Å². The third-order valence-electron chi connectivity index (χ3n) is 14.7. The Hall–Kier alpha value is -4.19. The van der Waals surface area contributed by atoms with Gasteiger partial charge in [-0.2, -0.15) is 0 Å². The molecule has 6 nitrogen and oxygen atoms in total. The number of unbranched alkanes of at least 4 members (excludes halogenated alkanes) is 31. The van der Waals surface area contributed by atoms with Gasteiger partial charge in [-0.05, 0) is 128 Å². The van der Waals surface area contributed by atoms with E-state index < -0.39 is 6.10 Å². The third kappa shape index (κ3) is 66.6. The first-order chi connectivity index (χ1) is 40.5. The van der Waals surface area contributed by atoms with Crippen molar-refractivity contribution in [2.24, 2.45) is 0 Å². The molecule has 1 unspecified atom stereocenters. The average molecular weight is 1140 g/mol. The molecule has 6 heteroatoms. The van der Waals surface area contributed by atoms with Crippen LogP contribution in [0.4, 0.5) is 0 Å². The molecule has 0 heterocycles. The second-order valence-corrected chi connectivity index (χ2v) is 22.7. The van der Waals surface area contributed by atoms with Gasteiger partial charge in [0.05, 0.1) is 0 Å². The Bertz CT molecular complexity index is 1690. The molecule has 0 radical (unpaired) electrons. The summed E-state index contributed by atoms with van der Waals surface area (Å²) in [6.45, 7) is 6.42. The van der Waals surface area contributed by atoms with Gasteiger partial charge in [0.15, 0.2) is 6.10 Å². The van der Waals surface area contributed by atoms with Crippen molar-refractivity contribution in [1.29, 1.82) is 0 Å². The van der Waals surface area contributed by atoms with Crippen molar-refractivity contribution in [2.45, 2.75) is 329 Å². The first-order valence-corrected chi connectivity index (χ1v) is 34.5. The highest BCUT2D eigenvalue weighted by Crippen LogP contribution is 2.16. The average Bonchev–Trinajstić information content (AvgIpc) is 3.48. The molecule has 0 aliphatic carbocycles. The van der Waals surface area contributed by atoms with Gasteiger partial charge in [0.1, 0.15) is 13.2 Å². The summed E-state index contributed by atoms with van der Waals surface area (Å²) in [5.74, 6) is -0.890. The van der Waals surface area contributed by atoms with Gasteiger partial charge in [-0.1, -0.05) is 296 Å². The number of hydrogen-bond acceptors (Lipinski definition) is 6. The molecule has 0 aromatic heterocycles. The van der Waals surface area contributed by atoms with Crippen molar-refractivity contribution < 1.29 is 28.6 Å². The predicted molar refractivity (Wildman–Crippen MR) is 357 cm³/mol. The summed E-state index contributed by atoms with van der Waals surface area (Å²) >= 11 is 0. The maximum absolute atomic E-state index is 13.0. The topological polar surface area (TPSA) is 78.9 Å². The first-order valence-electron chi connectivity index (χ1n) is 34.5. The van der Waals surface area contributed by atoms with Gasteiger partial charge in [0.25, 0.3) is 0 Å². The molecular formula is C76H128O6. The van der Waals surface area contributed by atoms with Crippen LogP contribution in [0.1, 0.15) is 323 Å². The van der Waals surface area contributed by atoms with Gasteiger partial charge in [0, 0.05) is 19.3 Å². The molecule has 0 amide bonds. The Morgan fingerprint density at radius 3 is 0.756 bits per heavy atom. The van der Waals surface area contributed by atoms with E-state index in [9.17, 15) is 14.4 Å². The van der Waals surface area contributed by atoms with E-state index in [1.54, 1.807) is 0 Å². The standard InChI is InChI=1S/C76H128O6/c1-4-7-10-13-16-19-22-25-28-30-32-34-36-37-38-39-41-42-44-46-48-51-54-57-60-63-66-69-75(78)81-72-73(71-80-74(77)68-65-62-59-56-53-50-27-24-21-18-15-12-9-6-3)82-76(79)70-67-64-61-58-55-52-49-47-45-43-40-35-33-31-29-26-23-20-17-14-11-8-5-2/h7-8,10-11,16-17,19-20,24-29,32-35,37-38,73H,4-6,9,12-15,18,21-23,30-31,36,39-72H2,1-3H3/b10-7-,11-8-,19-16-,20-17-,27-24-,28-25-,29-26-,34-32-,35-33-,38-37-. The molecule has 0 spiro atoms. The summed E-state index contributed by atoms with van der Waals surface area (Å²) in [4.78, 5) is 38.4. The van der Waals surface area contributed by atoms with E-state index in [0.717, 1.165) is 122 Å². The normalized spacial score (nSPS) is 12.9. The minimum Gasteiger partial charge on any atom is -0.462 e. The molecule has 0 saturated heterocycles. The lowest BCUT2D eigenvalue weighted by Crippen LogP contribution is -2.30. The van der Waals surface area contributed by atoms with Crippen LogP contribution in [-0.4, -0.2) is 37.2 Å². The highest BCUT2D eigenvalue weighted by Gasteiger charge is 2.19. The summed E-state index contributed by atoms with van der Waals surface area (Å²) in [5, 5.41) is 0. The minimum atomic E-state index is -0.789. The quantitative estimate of drug-likeness (QED) is 0.0261. The number of esters is 3. The summed E-state index contributed by atoms with van der Waals surface area (Å²) in [6, 6.07) is 0. The van der Waals surface area contributed by atoms with Crippen LogP contribution in [0.3, 0.4) is 0 Å². The van der Waals surface area contributed by atoms with E-state index in [1.807, 2.05) is 0 Å². The highest BCUT2D eigenvalue weighted by molar-refractivity contribution is 5.71. The van der Waals surface area contributed by atoms with Crippen molar-refractivity contribution in [3.8, 4) is 0 Å². The Morgan fingerprint density at radius 2 is 0.476 bits per heavy atom. The van der Waals surface area contributed by atoms with Crippen LogP contribution in [0.15, 0.2) is 122 Å². The molecule has 0 aromatic carbocycles. The molecule has 0 rings (SSSR count). The molecule has 0 fully saturated rings. The molecule has 0 aliphatic rings. The molecule has 0 saturated carbocycles. The fourth-order valence-electron chi connectivity index (χ4n) is 9.57. The molecule has 468 valence electrons. The fraction of sp³-hybridized carbons (Fsp3) is 0.697. The van der Waals surface area contributed by atoms with Crippen molar-refractivity contribution in [1.82, 2.24) is 0 Å². The Morgan fingerprint density at radius 1 is 0.256 bits per heavy atom. The molecular weight excluding hydrogens is 1010 g/mol. The highest BCUT2D eigenvalue weighted by atomic mass is 16.6. The van der Waals surface area contributed by atoms with Crippen LogP contribution in [-0.2, 0) is 28.6 Å². The van der Waals surface area contributed by atoms with Crippen LogP contribution < -0.4 is 0 Å². The van der Waals surface area contributed by atoms with Gasteiger partial charge in [-0.25, -0.2) is 0 Å². The monoisotopic (exact) mass is 1140 g/mol. The zero-order chi connectivity index (χ0) is 59.2. The Kier molecular flexibility index (Phi) is 65.8. The van der Waals surface area contributed by atoms with Gasteiger partial charge < -0.3 is 14.2 Å². The molecule has 82 heavy (non-hydrogen) atoms. The number of rotatable bonds is 62. The molecule has 0 aromatic rings. The van der Waals surface area contributed by atoms with Crippen molar-refractivity contribution in [3.05, 3.63) is 122 Å². The van der Waals surface area contributed by atoms with Crippen LogP contribution in [0, 0.1) is 0 Å². The molecule has 1 atom stereocenters. The Labute approximate surface area is 507 Å². The minimum absolute atomic E-state index is 0.0844. The van der Waals surface area contributed by atoms with Crippen molar-refractivity contribution >= 4 is 17.9 Å². The second-order valence-electron chi connectivity index (χ2n) is 22.7.